The maximum absolute atomic E-state index is 11.9. The van der Waals surface area contributed by atoms with Gasteiger partial charge in [0.2, 0.25) is 0 Å². The number of nitrogens with one attached hydrogen (secondary N) is 3. The van der Waals surface area contributed by atoms with Gasteiger partial charge >= 0.3 is 0 Å². The van der Waals surface area contributed by atoms with E-state index in [0.29, 0.717) is 18.1 Å². The summed E-state index contributed by atoms with van der Waals surface area (Å²) in [6.07, 6.45) is 7.25. The summed E-state index contributed by atoms with van der Waals surface area (Å²) in [6, 6.07) is 0. The third-order valence-corrected chi connectivity index (χ3v) is 2.42. The number of H-pyrrole nitrogens is 1. The Morgan fingerprint density at radius 1 is 1.32 bits per heavy atom. The summed E-state index contributed by atoms with van der Waals surface area (Å²) >= 11 is 0. The topological polar surface area (TPSA) is 95.6 Å². The van der Waals surface area contributed by atoms with Crippen molar-refractivity contribution in [3.63, 3.8) is 0 Å². The van der Waals surface area contributed by atoms with E-state index in [1.165, 1.54) is 6.20 Å². The molecule has 0 aliphatic carbocycles. The molecule has 0 unspecified atom stereocenters. The second-order valence-corrected chi connectivity index (χ2v) is 3.98. The minimum absolute atomic E-state index is 0.262. The maximum atomic E-state index is 11.9. The van der Waals surface area contributed by atoms with Crippen LogP contribution in [0.15, 0.2) is 24.9 Å². The van der Waals surface area contributed by atoms with Crippen molar-refractivity contribution in [1.82, 2.24) is 25.3 Å². The van der Waals surface area contributed by atoms with E-state index in [9.17, 15) is 4.79 Å². The molecule has 2 aromatic heterocycles. The van der Waals surface area contributed by atoms with E-state index in [-0.39, 0.29) is 5.91 Å². The highest BCUT2D eigenvalue weighted by Gasteiger charge is 2.08. The van der Waals surface area contributed by atoms with Crippen LogP contribution in [0.5, 0.6) is 0 Å². The molecule has 0 spiro atoms. The lowest BCUT2D eigenvalue weighted by Crippen LogP contribution is -2.24. The number of aromatic nitrogens is 4. The zero-order chi connectivity index (χ0) is 13.5. The van der Waals surface area contributed by atoms with E-state index in [1.54, 1.807) is 18.7 Å². The molecule has 7 heteroatoms. The fraction of sp³-hybridized carbons (Fsp3) is 0.333. The third-order valence-electron chi connectivity index (χ3n) is 2.42. The van der Waals surface area contributed by atoms with Gasteiger partial charge < -0.3 is 15.6 Å². The summed E-state index contributed by atoms with van der Waals surface area (Å²) in [4.78, 5) is 26.9. The van der Waals surface area contributed by atoms with E-state index in [1.807, 2.05) is 0 Å². The number of hydrogen-bond donors (Lipinski definition) is 3. The van der Waals surface area contributed by atoms with Gasteiger partial charge in [-0.1, -0.05) is 6.92 Å². The number of amides is 1. The lowest BCUT2D eigenvalue weighted by molar-refractivity contribution is 0.0945. The van der Waals surface area contributed by atoms with E-state index >= 15 is 0 Å². The Balaban J connectivity index is 1.94. The standard InChI is InChI=1S/C12H16N6O/c1-2-3-15-11-7-13-6-10(18-11)12(19)16-5-9-4-14-8-17-9/h4,6-8H,2-3,5H2,1H3,(H,14,17)(H,15,18)(H,16,19). The predicted octanol–water partition coefficient (Wildman–Crippen LogP) is 0.952. The Bertz CT molecular complexity index is 525. The van der Waals surface area contributed by atoms with Crippen LogP contribution in [0.1, 0.15) is 29.5 Å². The van der Waals surface area contributed by atoms with Crippen LogP contribution in [-0.2, 0) is 6.54 Å². The minimum atomic E-state index is -0.262. The van der Waals surface area contributed by atoms with Crippen molar-refractivity contribution in [3.05, 3.63) is 36.3 Å². The van der Waals surface area contributed by atoms with Crippen molar-refractivity contribution in [2.24, 2.45) is 0 Å². The van der Waals surface area contributed by atoms with Crippen molar-refractivity contribution >= 4 is 11.7 Å². The Morgan fingerprint density at radius 3 is 2.95 bits per heavy atom. The maximum Gasteiger partial charge on any atom is 0.271 e. The Kier molecular flexibility index (Phi) is 4.44. The first kappa shape index (κ1) is 13.0. The van der Waals surface area contributed by atoms with Crippen LogP contribution in [0, 0.1) is 0 Å². The fourth-order valence-corrected chi connectivity index (χ4v) is 1.46. The zero-order valence-electron chi connectivity index (χ0n) is 10.7. The summed E-state index contributed by atoms with van der Waals surface area (Å²) in [7, 11) is 0. The quantitative estimate of drug-likeness (QED) is 0.718. The molecule has 0 radical (unpaired) electrons. The van der Waals surface area contributed by atoms with Gasteiger partial charge in [0, 0.05) is 12.7 Å². The van der Waals surface area contributed by atoms with Crippen molar-refractivity contribution in [2.45, 2.75) is 19.9 Å². The van der Waals surface area contributed by atoms with Crippen LogP contribution in [0.2, 0.25) is 0 Å². The zero-order valence-corrected chi connectivity index (χ0v) is 10.7. The highest BCUT2D eigenvalue weighted by Crippen LogP contribution is 2.02. The van der Waals surface area contributed by atoms with Gasteiger partial charge in [-0.2, -0.15) is 0 Å². The summed E-state index contributed by atoms with van der Waals surface area (Å²) < 4.78 is 0. The smallest absolute Gasteiger partial charge is 0.271 e. The lowest BCUT2D eigenvalue weighted by atomic mass is 10.4. The molecule has 0 saturated carbocycles. The van der Waals surface area contributed by atoms with Crippen LogP contribution in [0.4, 0.5) is 5.82 Å². The third kappa shape index (κ3) is 3.77. The van der Waals surface area contributed by atoms with Gasteiger partial charge in [0.05, 0.1) is 31.0 Å². The molecule has 1 amide bonds. The molecule has 7 nitrogen and oxygen atoms in total. The van der Waals surface area contributed by atoms with Crippen LogP contribution < -0.4 is 10.6 Å². The van der Waals surface area contributed by atoms with Crippen molar-refractivity contribution in [3.8, 4) is 0 Å². The van der Waals surface area contributed by atoms with E-state index < -0.39 is 0 Å². The summed E-state index contributed by atoms with van der Waals surface area (Å²) in [5, 5.41) is 5.83. The number of carbonyl (C=O) groups excluding carboxylic acids is 1. The summed E-state index contributed by atoms with van der Waals surface area (Å²) in [5.41, 5.74) is 1.13. The Labute approximate surface area is 110 Å². The minimum Gasteiger partial charge on any atom is -0.369 e. The average molecular weight is 260 g/mol. The molecule has 2 heterocycles. The van der Waals surface area contributed by atoms with Crippen LogP contribution in [-0.4, -0.2) is 32.4 Å². The van der Waals surface area contributed by atoms with E-state index in [2.05, 4.69) is 37.5 Å². The highest BCUT2D eigenvalue weighted by molar-refractivity contribution is 5.92. The molecule has 0 atom stereocenters. The Hall–Kier alpha value is -2.44. The summed E-state index contributed by atoms with van der Waals surface area (Å²) in [6.45, 7) is 3.24. The van der Waals surface area contributed by atoms with Crippen molar-refractivity contribution in [2.75, 3.05) is 11.9 Å². The van der Waals surface area contributed by atoms with Gasteiger partial charge in [0.15, 0.2) is 0 Å². The molecule has 0 aromatic carbocycles. The first-order valence-corrected chi connectivity index (χ1v) is 6.11. The van der Waals surface area contributed by atoms with Crippen molar-refractivity contribution in [1.29, 1.82) is 0 Å². The van der Waals surface area contributed by atoms with Crippen LogP contribution >= 0.6 is 0 Å². The van der Waals surface area contributed by atoms with Gasteiger partial charge in [-0.3, -0.25) is 9.78 Å². The molecule has 0 fully saturated rings. The van der Waals surface area contributed by atoms with Gasteiger partial charge in [-0.25, -0.2) is 9.97 Å². The van der Waals surface area contributed by atoms with E-state index in [0.717, 1.165) is 18.7 Å². The number of nitrogens with zero attached hydrogens (tertiary/aromatic N) is 3. The number of rotatable bonds is 6. The predicted molar refractivity (Wildman–Crippen MR) is 70.6 cm³/mol. The van der Waals surface area contributed by atoms with Gasteiger partial charge in [0.25, 0.3) is 5.91 Å². The molecule has 0 saturated heterocycles. The molecular weight excluding hydrogens is 244 g/mol. The molecule has 0 bridgehead atoms. The van der Waals surface area contributed by atoms with Crippen LogP contribution in [0.25, 0.3) is 0 Å². The number of carbonyl (C=O) groups is 1. The largest absolute Gasteiger partial charge is 0.369 e. The average Bonchev–Trinajstić information content (AvgIpc) is 2.96. The van der Waals surface area contributed by atoms with Gasteiger partial charge in [0.1, 0.15) is 11.5 Å². The molecule has 100 valence electrons. The monoisotopic (exact) mass is 260 g/mol. The molecule has 19 heavy (non-hydrogen) atoms. The van der Waals surface area contributed by atoms with Gasteiger partial charge in [-0.05, 0) is 6.42 Å². The van der Waals surface area contributed by atoms with Crippen LogP contribution in [0.3, 0.4) is 0 Å². The molecule has 3 N–H and O–H groups in total. The number of hydrogen-bond acceptors (Lipinski definition) is 5. The lowest BCUT2D eigenvalue weighted by Gasteiger charge is -2.06. The molecule has 2 rings (SSSR count). The normalized spacial score (nSPS) is 10.2. The molecule has 0 aliphatic rings. The second-order valence-electron chi connectivity index (χ2n) is 3.98. The highest BCUT2D eigenvalue weighted by atomic mass is 16.1. The first-order valence-electron chi connectivity index (χ1n) is 6.11. The molecule has 0 aliphatic heterocycles. The SMILES string of the molecule is CCCNc1cncc(C(=O)NCc2cnc[nH]2)n1. The van der Waals surface area contributed by atoms with Crippen molar-refractivity contribution < 1.29 is 4.79 Å². The summed E-state index contributed by atoms with van der Waals surface area (Å²) in [5.74, 6) is 0.346. The van der Waals surface area contributed by atoms with E-state index in [4.69, 9.17) is 0 Å². The van der Waals surface area contributed by atoms with Gasteiger partial charge in [-0.15, -0.1) is 0 Å². The Morgan fingerprint density at radius 2 is 2.21 bits per heavy atom. The second kappa shape index (κ2) is 6.48. The number of imidazole rings is 1. The number of anilines is 1. The first-order chi connectivity index (χ1) is 9.29. The fourth-order valence-electron chi connectivity index (χ4n) is 1.46. The molecular formula is C12H16N6O. The molecule has 2 aromatic rings. The number of aromatic amines is 1.